The fourth-order valence-corrected chi connectivity index (χ4v) is 4.07. The molecule has 3 aromatic carbocycles. The second kappa shape index (κ2) is 12.8. The Kier molecular flexibility index (Phi) is 9.03. The van der Waals surface area contributed by atoms with E-state index in [4.69, 9.17) is 18.9 Å². The van der Waals surface area contributed by atoms with Crippen LogP contribution < -0.4 is 5.32 Å². The van der Waals surface area contributed by atoms with Crippen molar-refractivity contribution in [3.05, 3.63) is 108 Å². The molecule has 1 fully saturated rings. The summed E-state index contributed by atoms with van der Waals surface area (Å²) in [4.78, 5) is 50.6. The average molecular weight is 534 g/mol. The quantitative estimate of drug-likeness (QED) is 0.330. The van der Waals surface area contributed by atoms with Crippen molar-refractivity contribution >= 4 is 23.8 Å². The fraction of sp³-hybridized carbons (Fsp3) is 0.241. The van der Waals surface area contributed by atoms with E-state index in [1.165, 1.54) is 31.2 Å². The van der Waals surface area contributed by atoms with Crippen molar-refractivity contribution in [3.8, 4) is 0 Å². The molecule has 1 unspecified atom stereocenters. The number of aliphatic hydroxyl groups is 1. The zero-order valence-corrected chi connectivity index (χ0v) is 21.0. The molecule has 1 saturated heterocycles. The van der Waals surface area contributed by atoms with Gasteiger partial charge in [-0.25, -0.2) is 14.4 Å². The molecule has 0 radical (unpaired) electrons. The minimum Gasteiger partial charge on any atom is -0.459 e. The van der Waals surface area contributed by atoms with Crippen LogP contribution in [0.25, 0.3) is 0 Å². The maximum absolute atomic E-state index is 13.1. The topological polar surface area (TPSA) is 137 Å². The summed E-state index contributed by atoms with van der Waals surface area (Å²) in [7, 11) is 0. The number of benzene rings is 3. The highest BCUT2D eigenvalue weighted by atomic mass is 16.7. The number of amides is 1. The number of aliphatic hydroxyl groups excluding tert-OH is 1. The Labute approximate surface area is 224 Å². The lowest BCUT2D eigenvalue weighted by Crippen LogP contribution is -2.66. The third kappa shape index (κ3) is 7.07. The van der Waals surface area contributed by atoms with Gasteiger partial charge in [0.1, 0.15) is 18.8 Å². The van der Waals surface area contributed by atoms with Crippen LogP contribution in [-0.4, -0.2) is 66.2 Å². The highest BCUT2D eigenvalue weighted by Gasteiger charge is 2.51. The van der Waals surface area contributed by atoms with Crippen molar-refractivity contribution in [1.82, 2.24) is 5.32 Å². The lowest BCUT2D eigenvalue weighted by atomic mass is 9.96. The Morgan fingerprint density at radius 3 is 1.62 bits per heavy atom. The van der Waals surface area contributed by atoms with Gasteiger partial charge in [0.25, 0.3) is 0 Å². The van der Waals surface area contributed by atoms with Gasteiger partial charge in [0.15, 0.2) is 18.5 Å². The number of carbonyl (C=O) groups is 4. The normalized spacial score (nSPS) is 22.3. The molecule has 0 aliphatic carbocycles. The van der Waals surface area contributed by atoms with Crippen molar-refractivity contribution in [2.45, 2.75) is 37.6 Å². The maximum atomic E-state index is 13.1. The average Bonchev–Trinajstić information content (AvgIpc) is 2.96. The van der Waals surface area contributed by atoms with Crippen LogP contribution in [0.5, 0.6) is 0 Å². The summed E-state index contributed by atoms with van der Waals surface area (Å²) in [5, 5.41) is 13.3. The zero-order chi connectivity index (χ0) is 27.8. The van der Waals surface area contributed by atoms with Gasteiger partial charge in [0, 0.05) is 6.92 Å². The number of hydrogen-bond acceptors (Lipinski definition) is 9. The first-order chi connectivity index (χ1) is 18.8. The molecule has 4 rings (SSSR count). The van der Waals surface area contributed by atoms with Crippen LogP contribution in [0.2, 0.25) is 0 Å². The Hall–Kier alpha value is -4.54. The van der Waals surface area contributed by atoms with Crippen molar-refractivity contribution in [2.24, 2.45) is 0 Å². The van der Waals surface area contributed by atoms with Gasteiger partial charge < -0.3 is 29.4 Å². The van der Waals surface area contributed by atoms with E-state index < -0.39 is 61.1 Å². The van der Waals surface area contributed by atoms with E-state index in [0.717, 1.165) is 0 Å². The molecule has 2 N–H and O–H groups in total. The molecule has 10 nitrogen and oxygen atoms in total. The molecule has 1 amide bonds. The number of ether oxygens (including phenoxy) is 4. The Morgan fingerprint density at radius 1 is 0.718 bits per heavy atom. The van der Waals surface area contributed by atoms with Crippen molar-refractivity contribution < 1.29 is 43.2 Å². The summed E-state index contributed by atoms with van der Waals surface area (Å²) in [6.07, 6.45) is -5.72. The van der Waals surface area contributed by atoms with Gasteiger partial charge in [-0.1, -0.05) is 54.6 Å². The largest absolute Gasteiger partial charge is 0.459 e. The maximum Gasteiger partial charge on any atom is 0.338 e. The van der Waals surface area contributed by atoms with E-state index in [9.17, 15) is 24.3 Å². The molecule has 0 bridgehead atoms. The summed E-state index contributed by atoms with van der Waals surface area (Å²) >= 11 is 0. The van der Waals surface area contributed by atoms with Crippen LogP contribution in [-0.2, 0) is 23.7 Å². The molecule has 0 saturated carbocycles. The Morgan fingerprint density at radius 2 is 1.15 bits per heavy atom. The predicted molar refractivity (Wildman–Crippen MR) is 136 cm³/mol. The number of rotatable bonds is 8. The first-order valence-electron chi connectivity index (χ1n) is 12.2. The van der Waals surface area contributed by atoms with Gasteiger partial charge >= 0.3 is 17.9 Å². The van der Waals surface area contributed by atoms with E-state index in [-0.39, 0.29) is 16.7 Å². The Balaban J connectivity index is 1.64. The summed E-state index contributed by atoms with van der Waals surface area (Å²) < 4.78 is 22.5. The van der Waals surface area contributed by atoms with Gasteiger partial charge in [0.05, 0.1) is 16.7 Å². The number of esters is 3. The minimum atomic E-state index is -1.69. The van der Waals surface area contributed by atoms with E-state index >= 15 is 0 Å². The molecular formula is C29H27NO9. The monoisotopic (exact) mass is 533 g/mol. The van der Waals surface area contributed by atoms with E-state index in [1.54, 1.807) is 66.7 Å². The molecule has 39 heavy (non-hydrogen) atoms. The predicted octanol–water partition coefficient (Wildman–Crippen LogP) is 2.52. The molecule has 0 aromatic heterocycles. The van der Waals surface area contributed by atoms with E-state index in [1.807, 2.05) is 0 Å². The molecule has 1 aliphatic heterocycles. The zero-order valence-electron chi connectivity index (χ0n) is 21.0. The van der Waals surface area contributed by atoms with E-state index in [0.29, 0.717) is 0 Å². The van der Waals surface area contributed by atoms with Crippen LogP contribution in [0.15, 0.2) is 91.0 Å². The van der Waals surface area contributed by atoms with Crippen LogP contribution >= 0.6 is 0 Å². The molecule has 1 aliphatic rings. The SMILES string of the molecule is CC(=O)N[C@H]1[C@@H](OC(=O)c2ccccc2)[C@@H](OC(=O)c2ccccc2)C(COC(=O)c2ccccc2)O[C@H]1O. The lowest BCUT2D eigenvalue weighted by Gasteiger charge is -2.43. The third-order valence-electron chi connectivity index (χ3n) is 5.93. The summed E-state index contributed by atoms with van der Waals surface area (Å²) in [5.74, 6) is -2.79. The van der Waals surface area contributed by atoms with Gasteiger partial charge in [-0.2, -0.15) is 0 Å². The lowest BCUT2D eigenvalue weighted by molar-refractivity contribution is -0.253. The number of carbonyl (C=O) groups excluding carboxylic acids is 4. The van der Waals surface area contributed by atoms with Gasteiger partial charge in [-0.05, 0) is 36.4 Å². The minimum absolute atomic E-state index is 0.195. The molecule has 1 heterocycles. The smallest absolute Gasteiger partial charge is 0.338 e. The summed E-state index contributed by atoms with van der Waals surface area (Å²) in [6.45, 7) is 0.755. The molecule has 5 atom stereocenters. The van der Waals surface area contributed by atoms with Crippen LogP contribution in [0.4, 0.5) is 0 Å². The van der Waals surface area contributed by atoms with Gasteiger partial charge in [-0.15, -0.1) is 0 Å². The fourth-order valence-electron chi connectivity index (χ4n) is 4.07. The van der Waals surface area contributed by atoms with Gasteiger partial charge in [-0.3, -0.25) is 4.79 Å². The second-order valence-electron chi connectivity index (χ2n) is 8.73. The number of nitrogens with one attached hydrogen (secondary N) is 1. The first-order valence-corrected chi connectivity index (χ1v) is 12.2. The van der Waals surface area contributed by atoms with Crippen molar-refractivity contribution in [2.75, 3.05) is 6.61 Å². The van der Waals surface area contributed by atoms with Crippen LogP contribution in [0, 0.1) is 0 Å². The highest BCUT2D eigenvalue weighted by molar-refractivity contribution is 5.91. The Bertz CT molecular complexity index is 1280. The molecular weight excluding hydrogens is 506 g/mol. The van der Waals surface area contributed by atoms with Crippen LogP contribution in [0.1, 0.15) is 38.0 Å². The molecule has 3 aromatic rings. The molecule has 10 heteroatoms. The third-order valence-corrected chi connectivity index (χ3v) is 5.93. The summed E-state index contributed by atoms with van der Waals surface area (Å²) in [5.41, 5.74) is 0.669. The molecule has 0 spiro atoms. The number of hydrogen-bond donors (Lipinski definition) is 2. The standard InChI is InChI=1S/C29H27NO9/c1-18(31)30-23-25(39-28(34)21-15-9-4-10-16-21)24(38-27(33)20-13-7-3-8-14-20)22(37-29(23)35)17-36-26(32)19-11-5-2-6-12-19/h2-16,22-25,29,35H,17H2,1H3,(H,30,31)/t22?,23-,24-,25+,29+/m0/s1. The highest BCUT2D eigenvalue weighted by Crippen LogP contribution is 2.28. The molecule has 202 valence electrons. The first kappa shape index (κ1) is 27.5. The van der Waals surface area contributed by atoms with Gasteiger partial charge in [0.2, 0.25) is 5.91 Å². The van der Waals surface area contributed by atoms with Crippen molar-refractivity contribution in [3.63, 3.8) is 0 Å². The van der Waals surface area contributed by atoms with E-state index in [2.05, 4.69) is 5.32 Å². The second-order valence-corrected chi connectivity index (χ2v) is 8.73. The van der Waals surface area contributed by atoms with Crippen LogP contribution in [0.3, 0.4) is 0 Å². The summed E-state index contributed by atoms with van der Waals surface area (Å²) in [6, 6.07) is 23.0. The van der Waals surface area contributed by atoms with Crippen molar-refractivity contribution in [1.29, 1.82) is 0 Å².